The van der Waals surface area contributed by atoms with E-state index in [4.69, 9.17) is 5.26 Å². The summed E-state index contributed by atoms with van der Waals surface area (Å²) in [7, 11) is 1.22. The fourth-order valence-electron chi connectivity index (χ4n) is 1.06. The average molecular weight is 218 g/mol. The van der Waals surface area contributed by atoms with Gasteiger partial charge in [-0.1, -0.05) is 12.1 Å². The summed E-state index contributed by atoms with van der Waals surface area (Å²) in [6.07, 6.45) is -0.651. The van der Waals surface area contributed by atoms with Gasteiger partial charge in [-0.15, -0.1) is 0 Å². The van der Waals surface area contributed by atoms with Crippen LogP contribution < -0.4 is 5.32 Å². The second kappa shape index (κ2) is 5.51. The molecule has 0 fully saturated rings. The summed E-state index contributed by atoms with van der Waals surface area (Å²) in [6.45, 7) is -0.126. The first-order valence-electron chi connectivity index (χ1n) is 4.52. The Morgan fingerprint density at radius 3 is 2.50 bits per heavy atom. The molecule has 0 aliphatic carbocycles. The molecule has 0 unspecified atom stereocenters. The molecular weight excluding hydrogens is 208 g/mol. The van der Waals surface area contributed by atoms with Crippen LogP contribution in [0.3, 0.4) is 0 Å². The van der Waals surface area contributed by atoms with Crippen LogP contribution in [-0.4, -0.2) is 25.5 Å². The molecule has 0 bridgehead atoms. The molecule has 0 aromatic heterocycles. The van der Waals surface area contributed by atoms with Crippen molar-refractivity contribution in [1.82, 2.24) is 5.32 Å². The maximum absolute atomic E-state index is 11.5. The molecule has 1 aromatic rings. The van der Waals surface area contributed by atoms with E-state index < -0.39 is 6.09 Å². The number of carbonyl (C=O) groups excluding carboxylic acids is 2. The number of nitrogens with zero attached hydrogens (tertiary/aromatic N) is 1. The lowest BCUT2D eigenvalue weighted by Crippen LogP contribution is -2.29. The molecule has 1 rings (SSSR count). The number of nitrogens with one attached hydrogen (secondary N) is 1. The molecule has 5 heteroatoms. The third-order valence-electron chi connectivity index (χ3n) is 1.91. The fourth-order valence-corrected chi connectivity index (χ4v) is 1.06. The number of ketones is 1. The normalized spacial score (nSPS) is 9.00. The Hall–Kier alpha value is -2.35. The third-order valence-corrected chi connectivity index (χ3v) is 1.91. The molecule has 0 aliphatic rings. The molecule has 1 aromatic carbocycles. The largest absolute Gasteiger partial charge is 0.453 e. The van der Waals surface area contributed by atoms with Crippen LogP contribution in [-0.2, 0) is 4.74 Å². The first kappa shape index (κ1) is 11.7. The van der Waals surface area contributed by atoms with E-state index in [1.165, 1.54) is 7.11 Å². The number of benzene rings is 1. The number of nitriles is 1. The Morgan fingerprint density at radius 2 is 2.00 bits per heavy atom. The highest BCUT2D eigenvalue weighted by atomic mass is 16.5. The van der Waals surface area contributed by atoms with Crippen molar-refractivity contribution in [3.8, 4) is 6.07 Å². The minimum Gasteiger partial charge on any atom is -0.453 e. The average Bonchev–Trinajstić information content (AvgIpc) is 2.35. The summed E-state index contributed by atoms with van der Waals surface area (Å²) in [5, 5.41) is 10.9. The van der Waals surface area contributed by atoms with Gasteiger partial charge in [0.05, 0.1) is 25.3 Å². The number of alkyl carbamates (subject to hydrolysis) is 1. The van der Waals surface area contributed by atoms with Gasteiger partial charge in [0.15, 0.2) is 5.78 Å². The van der Waals surface area contributed by atoms with Crippen molar-refractivity contribution in [2.24, 2.45) is 0 Å². The van der Waals surface area contributed by atoms with Crippen molar-refractivity contribution in [1.29, 1.82) is 5.26 Å². The predicted octanol–water partition coefficient (Wildman–Crippen LogP) is 1.10. The second-order valence-corrected chi connectivity index (χ2v) is 2.96. The van der Waals surface area contributed by atoms with E-state index in [1.807, 2.05) is 6.07 Å². The summed E-state index contributed by atoms with van der Waals surface area (Å²) in [5.41, 5.74) is 0.924. The van der Waals surface area contributed by atoms with E-state index in [0.717, 1.165) is 0 Å². The molecule has 0 atom stereocenters. The minimum absolute atomic E-state index is 0.126. The molecule has 0 saturated heterocycles. The van der Waals surface area contributed by atoms with Gasteiger partial charge in [-0.2, -0.15) is 5.26 Å². The summed E-state index contributed by atoms with van der Waals surface area (Å²) >= 11 is 0. The smallest absolute Gasteiger partial charge is 0.407 e. The van der Waals surface area contributed by atoms with Crippen LogP contribution in [0.5, 0.6) is 0 Å². The summed E-state index contributed by atoms with van der Waals surface area (Å²) in [5.74, 6) is -0.241. The van der Waals surface area contributed by atoms with Gasteiger partial charge in [0.1, 0.15) is 0 Å². The first-order valence-corrected chi connectivity index (χ1v) is 4.52. The highest BCUT2D eigenvalue weighted by Crippen LogP contribution is 2.03. The molecule has 1 amide bonds. The topological polar surface area (TPSA) is 79.2 Å². The monoisotopic (exact) mass is 218 g/mol. The minimum atomic E-state index is -0.651. The highest BCUT2D eigenvalue weighted by molar-refractivity contribution is 5.98. The van der Waals surface area contributed by atoms with Crippen molar-refractivity contribution in [3.63, 3.8) is 0 Å². The van der Waals surface area contributed by atoms with Crippen LogP contribution in [0.4, 0.5) is 4.79 Å². The van der Waals surface area contributed by atoms with Gasteiger partial charge < -0.3 is 10.1 Å². The SMILES string of the molecule is COC(=O)NCC(=O)c1ccc(C#N)cc1. The van der Waals surface area contributed by atoms with Crippen LogP contribution in [0, 0.1) is 11.3 Å². The molecule has 0 spiro atoms. The Balaban J connectivity index is 2.60. The summed E-state index contributed by atoms with van der Waals surface area (Å²) < 4.78 is 4.33. The molecule has 0 aliphatic heterocycles. The Bertz CT molecular complexity index is 432. The molecule has 1 N–H and O–H groups in total. The molecular formula is C11H10N2O3. The molecule has 0 radical (unpaired) electrons. The van der Waals surface area contributed by atoms with E-state index in [0.29, 0.717) is 11.1 Å². The van der Waals surface area contributed by atoms with E-state index in [2.05, 4.69) is 10.1 Å². The number of hydrogen-bond acceptors (Lipinski definition) is 4. The van der Waals surface area contributed by atoms with Crippen molar-refractivity contribution in [2.75, 3.05) is 13.7 Å². The Labute approximate surface area is 92.6 Å². The molecule has 0 heterocycles. The van der Waals surface area contributed by atoms with E-state index >= 15 is 0 Å². The van der Waals surface area contributed by atoms with E-state index in [1.54, 1.807) is 24.3 Å². The number of Topliss-reactive ketones (excluding diaryl/α,β-unsaturated/α-hetero) is 1. The van der Waals surface area contributed by atoms with Crippen molar-refractivity contribution in [2.45, 2.75) is 0 Å². The van der Waals surface area contributed by atoms with Gasteiger partial charge in [-0.25, -0.2) is 4.79 Å². The quantitative estimate of drug-likeness (QED) is 0.770. The summed E-state index contributed by atoms with van der Waals surface area (Å²) in [6, 6.07) is 8.13. The lowest BCUT2D eigenvalue weighted by molar-refractivity contribution is 0.0983. The second-order valence-electron chi connectivity index (χ2n) is 2.96. The molecule has 0 saturated carbocycles. The molecule has 5 nitrogen and oxygen atoms in total. The van der Waals surface area contributed by atoms with Crippen molar-refractivity contribution < 1.29 is 14.3 Å². The predicted molar refractivity (Wildman–Crippen MR) is 55.9 cm³/mol. The standard InChI is InChI=1S/C11H10N2O3/c1-16-11(15)13-7-10(14)9-4-2-8(6-12)3-5-9/h2-5H,7H2,1H3,(H,13,15). The lowest BCUT2D eigenvalue weighted by atomic mass is 10.1. The zero-order valence-electron chi connectivity index (χ0n) is 8.69. The molecule has 16 heavy (non-hydrogen) atoms. The van der Waals surface area contributed by atoms with Crippen molar-refractivity contribution in [3.05, 3.63) is 35.4 Å². The lowest BCUT2D eigenvalue weighted by Gasteiger charge is -2.02. The highest BCUT2D eigenvalue weighted by Gasteiger charge is 2.07. The summed E-state index contributed by atoms with van der Waals surface area (Å²) in [4.78, 5) is 22.2. The van der Waals surface area contributed by atoms with Gasteiger partial charge in [-0.3, -0.25) is 4.79 Å². The number of ether oxygens (including phenoxy) is 1. The first-order chi connectivity index (χ1) is 7.67. The van der Waals surface area contributed by atoms with Crippen LogP contribution in [0.15, 0.2) is 24.3 Å². The number of methoxy groups -OCH3 is 1. The molecule has 82 valence electrons. The number of rotatable bonds is 3. The number of hydrogen-bond donors (Lipinski definition) is 1. The number of amides is 1. The zero-order valence-corrected chi connectivity index (χ0v) is 8.69. The fraction of sp³-hybridized carbons (Fsp3) is 0.182. The van der Waals surface area contributed by atoms with E-state index in [-0.39, 0.29) is 12.3 Å². The van der Waals surface area contributed by atoms with Gasteiger partial charge in [-0.05, 0) is 12.1 Å². The van der Waals surface area contributed by atoms with E-state index in [9.17, 15) is 9.59 Å². The van der Waals surface area contributed by atoms with Crippen LogP contribution in [0.1, 0.15) is 15.9 Å². The van der Waals surface area contributed by atoms with Crippen LogP contribution in [0.2, 0.25) is 0 Å². The van der Waals surface area contributed by atoms with Crippen LogP contribution >= 0.6 is 0 Å². The third kappa shape index (κ3) is 3.10. The number of carbonyl (C=O) groups is 2. The zero-order chi connectivity index (χ0) is 12.0. The van der Waals surface area contributed by atoms with Gasteiger partial charge in [0.2, 0.25) is 0 Å². The van der Waals surface area contributed by atoms with Crippen LogP contribution in [0.25, 0.3) is 0 Å². The van der Waals surface area contributed by atoms with Gasteiger partial charge in [0.25, 0.3) is 0 Å². The van der Waals surface area contributed by atoms with Gasteiger partial charge in [0, 0.05) is 5.56 Å². The Morgan fingerprint density at radius 1 is 1.38 bits per heavy atom. The maximum atomic E-state index is 11.5. The van der Waals surface area contributed by atoms with Gasteiger partial charge >= 0.3 is 6.09 Å². The maximum Gasteiger partial charge on any atom is 0.407 e. The Kier molecular flexibility index (Phi) is 4.04. The van der Waals surface area contributed by atoms with Crippen molar-refractivity contribution >= 4 is 11.9 Å².